The third kappa shape index (κ3) is 3.11. The van der Waals surface area contributed by atoms with Crippen molar-refractivity contribution >= 4 is 11.6 Å². The lowest BCUT2D eigenvalue weighted by Crippen LogP contribution is -2.39. The molecule has 22 heavy (non-hydrogen) atoms. The first-order valence-electron chi connectivity index (χ1n) is 8.01. The fraction of sp³-hybridized carbons (Fsp3) is 0.562. The molecule has 0 radical (unpaired) electrons. The van der Waals surface area contributed by atoms with Crippen LogP contribution in [0.2, 0.25) is 0 Å². The molecular formula is C16H23N5O. The monoisotopic (exact) mass is 301 g/mol. The standard InChI is InChI=1S/C16H23N5O/c1-17-9-4-8-15(22)20-10-5-6-13(12-20)16-19-18-14-7-2-3-11-21(14)16/h2-3,7,11,13,17H,4-6,8-10,12H2,1H3. The molecule has 1 unspecified atom stereocenters. The van der Waals surface area contributed by atoms with E-state index in [9.17, 15) is 4.79 Å². The molecule has 0 bridgehead atoms. The molecule has 6 heteroatoms. The van der Waals surface area contributed by atoms with Crippen molar-refractivity contribution in [2.75, 3.05) is 26.7 Å². The molecule has 3 rings (SSSR count). The summed E-state index contributed by atoms with van der Waals surface area (Å²) in [4.78, 5) is 14.3. The summed E-state index contributed by atoms with van der Waals surface area (Å²) < 4.78 is 2.04. The van der Waals surface area contributed by atoms with Gasteiger partial charge in [0.15, 0.2) is 5.65 Å². The minimum absolute atomic E-state index is 0.258. The first-order chi connectivity index (χ1) is 10.8. The minimum Gasteiger partial charge on any atom is -0.342 e. The normalized spacial score (nSPS) is 18.8. The van der Waals surface area contributed by atoms with Crippen LogP contribution in [-0.4, -0.2) is 52.1 Å². The van der Waals surface area contributed by atoms with Crippen molar-refractivity contribution in [1.29, 1.82) is 0 Å². The zero-order chi connectivity index (χ0) is 15.4. The SMILES string of the molecule is CNCCCC(=O)N1CCCC(c2nnc3ccccn23)C1. The molecule has 2 aromatic rings. The molecule has 1 atom stereocenters. The average Bonchev–Trinajstić information content (AvgIpc) is 2.99. The van der Waals surface area contributed by atoms with Crippen LogP contribution in [0.15, 0.2) is 24.4 Å². The zero-order valence-corrected chi connectivity index (χ0v) is 13.0. The van der Waals surface area contributed by atoms with E-state index in [0.29, 0.717) is 6.42 Å². The molecule has 2 aromatic heterocycles. The van der Waals surface area contributed by atoms with Crippen molar-refractivity contribution in [2.45, 2.75) is 31.6 Å². The summed E-state index contributed by atoms with van der Waals surface area (Å²) in [5, 5.41) is 11.7. The number of nitrogens with zero attached hydrogens (tertiary/aromatic N) is 4. The number of hydrogen-bond acceptors (Lipinski definition) is 4. The lowest BCUT2D eigenvalue weighted by Gasteiger charge is -2.32. The molecule has 0 aliphatic carbocycles. The van der Waals surface area contributed by atoms with E-state index in [1.165, 1.54) is 0 Å². The predicted molar refractivity (Wildman–Crippen MR) is 84.7 cm³/mol. The van der Waals surface area contributed by atoms with E-state index in [0.717, 1.165) is 50.4 Å². The van der Waals surface area contributed by atoms with Crippen LogP contribution in [0.5, 0.6) is 0 Å². The van der Waals surface area contributed by atoms with Crippen LogP contribution in [0.4, 0.5) is 0 Å². The minimum atomic E-state index is 0.258. The van der Waals surface area contributed by atoms with E-state index in [1.807, 2.05) is 40.7 Å². The third-order valence-corrected chi connectivity index (χ3v) is 4.30. The van der Waals surface area contributed by atoms with Gasteiger partial charge in [-0.2, -0.15) is 0 Å². The van der Waals surface area contributed by atoms with E-state index in [4.69, 9.17) is 0 Å². The Bertz CT molecular complexity index is 638. The maximum atomic E-state index is 12.3. The van der Waals surface area contributed by atoms with Crippen molar-refractivity contribution in [3.05, 3.63) is 30.2 Å². The number of pyridine rings is 1. The van der Waals surface area contributed by atoms with Gasteiger partial charge in [-0.3, -0.25) is 9.20 Å². The molecule has 1 aliphatic rings. The van der Waals surface area contributed by atoms with Crippen molar-refractivity contribution in [1.82, 2.24) is 24.8 Å². The summed E-state index contributed by atoms with van der Waals surface area (Å²) in [6.45, 7) is 2.51. The van der Waals surface area contributed by atoms with E-state index < -0.39 is 0 Å². The highest BCUT2D eigenvalue weighted by Gasteiger charge is 2.27. The fourth-order valence-electron chi connectivity index (χ4n) is 3.13. The van der Waals surface area contributed by atoms with Crippen LogP contribution < -0.4 is 5.32 Å². The Labute approximate surface area is 130 Å². The molecule has 1 aliphatic heterocycles. The van der Waals surface area contributed by atoms with Crippen molar-refractivity contribution in [3.63, 3.8) is 0 Å². The highest BCUT2D eigenvalue weighted by Crippen LogP contribution is 2.26. The quantitative estimate of drug-likeness (QED) is 0.849. The summed E-state index contributed by atoms with van der Waals surface area (Å²) >= 11 is 0. The Morgan fingerprint density at radius 2 is 2.32 bits per heavy atom. The number of carbonyl (C=O) groups excluding carboxylic acids is 1. The van der Waals surface area contributed by atoms with Gasteiger partial charge in [0.05, 0.1) is 0 Å². The van der Waals surface area contributed by atoms with E-state index in [2.05, 4.69) is 15.5 Å². The van der Waals surface area contributed by atoms with E-state index in [-0.39, 0.29) is 11.8 Å². The van der Waals surface area contributed by atoms with E-state index in [1.54, 1.807) is 0 Å². The van der Waals surface area contributed by atoms with Crippen molar-refractivity contribution < 1.29 is 4.79 Å². The molecule has 1 saturated heterocycles. The van der Waals surface area contributed by atoms with Gasteiger partial charge in [0.2, 0.25) is 5.91 Å². The molecule has 3 heterocycles. The maximum absolute atomic E-state index is 12.3. The molecular weight excluding hydrogens is 278 g/mol. The number of aromatic nitrogens is 3. The maximum Gasteiger partial charge on any atom is 0.222 e. The summed E-state index contributed by atoms with van der Waals surface area (Å²) in [6, 6.07) is 5.91. The average molecular weight is 301 g/mol. The smallest absolute Gasteiger partial charge is 0.222 e. The van der Waals surface area contributed by atoms with Crippen LogP contribution in [-0.2, 0) is 4.79 Å². The first kappa shape index (κ1) is 15.0. The van der Waals surface area contributed by atoms with Gasteiger partial charge in [-0.15, -0.1) is 10.2 Å². The molecule has 0 saturated carbocycles. The lowest BCUT2D eigenvalue weighted by atomic mass is 9.97. The van der Waals surface area contributed by atoms with Crippen LogP contribution in [0.3, 0.4) is 0 Å². The van der Waals surface area contributed by atoms with Crippen LogP contribution in [0.25, 0.3) is 5.65 Å². The summed E-state index contributed by atoms with van der Waals surface area (Å²) in [7, 11) is 1.91. The number of amides is 1. The number of rotatable bonds is 5. The third-order valence-electron chi connectivity index (χ3n) is 4.30. The van der Waals surface area contributed by atoms with Gasteiger partial charge in [-0.05, 0) is 45.0 Å². The van der Waals surface area contributed by atoms with Gasteiger partial charge < -0.3 is 10.2 Å². The molecule has 1 amide bonds. The number of hydrogen-bond donors (Lipinski definition) is 1. The zero-order valence-electron chi connectivity index (χ0n) is 13.0. The largest absolute Gasteiger partial charge is 0.342 e. The number of fused-ring (bicyclic) bond motifs is 1. The second-order valence-electron chi connectivity index (χ2n) is 5.87. The second-order valence-corrected chi connectivity index (χ2v) is 5.87. The molecule has 118 valence electrons. The molecule has 1 fully saturated rings. The van der Waals surface area contributed by atoms with Gasteiger partial charge >= 0.3 is 0 Å². The number of piperidine rings is 1. The predicted octanol–water partition coefficient (Wildman–Crippen LogP) is 1.43. The Morgan fingerprint density at radius 3 is 3.18 bits per heavy atom. The van der Waals surface area contributed by atoms with Gasteiger partial charge in [0.1, 0.15) is 5.82 Å². The van der Waals surface area contributed by atoms with E-state index >= 15 is 0 Å². The van der Waals surface area contributed by atoms with Crippen LogP contribution in [0.1, 0.15) is 37.4 Å². The summed E-state index contributed by atoms with van der Waals surface area (Å²) in [5.41, 5.74) is 0.870. The Hall–Kier alpha value is -1.95. The lowest BCUT2D eigenvalue weighted by molar-refractivity contribution is -0.132. The topological polar surface area (TPSA) is 62.5 Å². The first-order valence-corrected chi connectivity index (χ1v) is 8.01. The molecule has 0 aromatic carbocycles. The number of nitrogens with one attached hydrogen (secondary N) is 1. The fourth-order valence-corrected chi connectivity index (χ4v) is 3.13. The molecule has 6 nitrogen and oxygen atoms in total. The van der Waals surface area contributed by atoms with Crippen molar-refractivity contribution in [2.24, 2.45) is 0 Å². The molecule has 0 spiro atoms. The van der Waals surface area contributed by atoms with Crippen LogP contribution >= 0.6 is 0 Å². The highest BCUT2D eigenvalue weighted by atomic mass is 16.2. The second kappa shape index (κ2) is 6.87. The molecule has 1 N–H and O–H groups in total. The van der Waals surface area contributed by atoms with Gasteiger partial charge in [0.25, 0.3) is 0 Å². The summed E-state index contributed by atoms with van der Waals surface area (Å²) in [6.07, 6.45) is 5.61. The van der Waals surface area contributed by atoms with Gasteiger partial charge in [0, 0.05) is 31.6 Å². The Morgan fingerprint density at radius 1 is 1.41 bits per heavy atom. The van der Waals surface area contributed by atoms with Crippen molar-refractivity contribution in [3.8, 4) is 0 Å². The Kier molecular flexibility index (Phi) is 4.68. The highest BCUT2D eigenvalue weighted by molar-refractivity contribution is 5.76. The Balaban J connectivity index is 1.69. The number of carbonyl (C=O) groups is 1. The summed E-state index contributed by atoms with van der Waals surface area (Å²) in [5.74, 6) is 1.51. The van der Waals surface area contributed by atoms with Gasteiger partial charge in [-0.1, -0.05) is 6.07 Å². The van der Waals surface area contributed by atoms with Gasteiger partial charge in [-0.25, -0.2) is 0 Å². The van der Waals surface area contributed by atoms with Crippen LogP contribution in [0, 0.1) is 0 Å². The number of likely N-dealkylation sites (tertiary alicyclic amines) is 1.